The molecule has 0 bridgehead atoms. The Morgan fingerprint density at radius 2 is 1.65 bits per heavy atom. The van der Waals surface area contributed by atoms with Crippen LogP contribution in [0.25, 0.3) is 5.69 Å². The molecule has 0 amide bonds. The lowest BCUT2D eigenvalue weighted by Crippen LogP contribution is -2.29. The molecule has 3 rings (SSSR count). The summed E-state index contributed by atoms with van der Waals surface area (Å²) in [4.78, 5) is 12.9. The van der Waals surface area contributed by atoms with E-state index < -0.39 is 0 Å². The van der Waals surface area contributed by atoms with Gasteiger partial charge in [-0.15, -0.1) is 10.2 Å². The number of rotatable bonds is 3. The molecule has 1 fully saturated rings. The van der Waals surface area contributed by atoms with E-state index in [4.69, 9.17) is 0 Å². The molecule has 20 heavy (non-hydrogen) atoms. The van der Waals surface area contributed by atoms with Crippen molar-refractivity contribution in [3.05, 3.63) is 41.0 Å². The van der Waals surface area contributed by atoms with E-state index in [1.807, 2.05) is 6.07 Å². The van der Waals surface area contributed by atoms with Crippen LogP contribution in [0.5, 0.6) is 0 Å². The SMILES string of the molecule is O=[N+]([O-])c1cc(N2CCCCC2)cc(-n2cnnc2)c1. The van der Waals surface area contributed by atoms with E-state index >= 15 is 0 Å². The smallest absolute Gasteiger partial charge is 0.273 e. The molecule has 0 N–H and O–H groups in total. The second-order valence-electron chi connectivity index (χ2n) is 4.88. The van der Waals surface area contributed by atoms with Crippen LogP contribution in [0.2, 0.25) is 0 Å². The predicted molar refractivity (Wildman–Crippen MR) is 74.1 cm³/mol. The molecule has 0 saturated carbocycles. The molecule has 7 nitrogen and oxygen atoms in total. The van der Waals surface area contributed by atoms with Crippen molar-refractivity contribution < 1.29 is 4.92 Å². The number of non-ortho nitro benzene ring substituents is 1. The first kappa shape index (κ1) is 12.6. The van der Waals surface area contributed by atoms with E-state index in [9.17, 15) is 10.1 Å². The zero-order chi connectivity index (χ0) is 13.9. The van der Waals surface area contributed by atoms with Crippen LogP contribution >= 0.6 is 0 Å². The lowest BCUT2D eigenvalue weighted by molar-refractivity contribution is -0.384. The second-order valence-corrected chi connectivity index (χ2v) is 4.88. The van der Waals surface area contributed by atoms with Gasteiger partial charge in [-0.25, -0.2) is 0 Å². The zero-order valence-electron chi connectivity index (χ0n) is 11.0. The van der Waals surface area contributed by atoms with Crippen molar-refractivity contribution in [2.24, 2.45) is 0 Å². The number of nitro benzene ring substituents is 1. The summed E-state index contributed by atoms with van der Waals surface area (Å²) >= 11 is 0. The molecule has 1 aromatic heterocycles. The number of aromatic nitrogens is 3. The minimum Gasteiger partial charge on any atom is -0.371 e. The summed E-state index contributed by atoms with van der Waals surface area (Å²) in [5, 5.41) is 18.6. The van der Waals surface area contributed by atoms with Gasteiger partial charge < -0.3 is 4.90 Å². The van der Waals surface area contributed by atoms with Crippen LogP contribution in [0.3, 0.4) is 0 Å². The van der Waals surface area contributed by atoms with Gasteiger partial charge in [-0.1, -0.05) is 0 Å². The van der Waals surface area contributed by atoms with Crippen LogP contribution < -0.4 is 4.90 Å². The summed E-state index contributed by atoms with van der Waals surface area (Å²) in [6.45, 7) is 1.89. The number of piperidine rings is 1. The molecule has 104 valence electrons. The number of nitro groups is 1. The summed E-state index contributed by atoms with van der Waals surface area (Å²) < 4.78 is 1.68. The highest BCUT2D eigenvalue weighted by Crippen LogP contribution is 2.28. The van der Waals surface area contributed by atoms with Crippen molar-refractivity contribution in [3.63, 3.8) is 0 Å². The van der Waals surface area contributed by atoms with Gasteiger partial charge in [-0.2, -0.15) is 0 Å². The molecule has 1 saturated heterocycles. The highest BCUT2D eigenvalue weighted by atomic mass is 16.6. The van der Waals surface area contributed by atoms with Crippen LogP contribution in [0.15, 0.2) is 30.9 Å². The molecule has 0 atom stereocenters. The highest BCUT2D eigenvalue weighted by Gasteiger charge is 2.16. The normalized spacial score (nSPS) is 15.3. The van der Waals surface area contributed by atoms with E-state index in [0.29, 0.717) is 5.69 Å². The fourth-order valence-electron chi connectivity index (χ4n) is 2.50. The van der Waals surface area contributed by atoms with Crippen LogP contribution in [0.4, 0.5) is 11.4 Å². The van der Waals surface area contributed by atoms with Gasteiger partial charge in [0, 0.05) is 30.9 Å². The fraction of sp³-hybridized carbons (Fsp3) is 0.385. The van der Waals surface area contributed by atoms with E-state index in [1.165, 1.54) is 12.5 Å². The average Bonchev–Trinajstić information content (AvgIpc) is 3.02. The monoisotopic (exact) mass is 273 g/mol. The zero-order valence-corrected chi connectivity index (χ0v) is 11.0. The standard InChI is InChI=1S/C13H15N5O2/c19-18(20)13-7-11(16-4-2-1-3-5-16)6-12(8-13)17-9-14-15-10-17/h6-10H,1-5H2. The third-order valence-electron chi connectivity index (χ3n) is 3.54. The van der Waals surface area contributed by atoms with Crippen molar-refractivity contribution >= 4 is 11.4 Å². The number of nitrogens with zero attached hydrogens (tertiary/aromatic N) is 5. The number of hydrogen-bond donors (Lipinski definition) is 0. The second kappa shape index (κ2) is 5.28. The molecule has 2 heterocycles. The Balaban J connectivity index is 2.02. The third kappa shape index (κ3) is 2.47. The van der Waals surface area contributed by atoms with Gasteiger partial charge in [-0.05, 0) is 25.3 Å². The Kier molecular flexibility index (Phi) is 3.32. The van der Waals surface area contributed by atoms with Gasteiger partial charge in [0.2, 0.25) is 0 Å². The van der Waals surface area contributed by atoms with Crippen molar-refractivity contribution in [1.82, 2.24) is 14.8 Å². The average molecular weight is 273 g/mol. The van der Waals surface area contributed by atoms with Gasteiger partial charge in [-0.3, -0.25) is 14.7 Å². The quantitative estimate of drug-likeness (QED) is 0.632. The molecule has 1 aliphatic heterocycles. The molecular formula is C13H15N5O2. The van der Waals surface area contributed by atoms with Crippen molar-refractivity contribution in [2.45, 2.75) is 19.3 Å². The molecule has 1 aromatic carbocycles. The first-order valence-corrected chi connectivity index (χ1v) is 6.63. The summed E-state index contributed by atoms with van der Waals surface area (Å²) in [7, 11) is 0. The molecule has 7 heteroatoms. The van der Waals surface area contributed by atoms with E-state index in [0.717, 1.165) is 31.6 Å². The van der Waals surface area contributed by atoms with Crippen LogP contribution in [0.1, 0.15) is 19.3 Å². The minimum absolute atomic E-state index is 0.0942. The van der Waals surface area contributed by atoms with Gasteiger partial charge in [0.25, 0.3) is 5.69 Å². The van der Waals surface area contributed by atoms with Gasteiger partial charge in [0.15, 0.2) is 0 Å². The van der Waals surface area contributed by atoms with E-state index in [1.54, 1.807) is 23.3 Å². The Hall–Kier alpha value is -2.44. The maximum Gasteiger partial charge on any atom is 0.273 e. The third-order valence-corrected chi connectivity index (χ3v) is 3.54. The van der Waals surface area contributed by atoms with E-state index in [-0.39, 0.29) is 10.6 Å². The van der Waals surface area contributed by atoms with E-state index in [2.05, 4.69) is 15.1 Å². The lowest BCUT2D eigenvalue weighted by Gasteiger charge is -2.29. The van der Waals surface area contributed by atoms with Gasteiger partial charge in [0.05, 0.1) is 10.6 Å². The largest absolute Gasteiger partial charge is 0.371 e. The highest BCUT2D eigenvalue weighted by molar-refractivity contribution is 5.60. The summed E-state index contributed by atoms with van der Waals surface area (Å²) in [6.07, 6.45) is 6.57. The Bertz CT molecular complexity index is 605. The number of anilines is 1. The molecular weight excluding hydrogens is 258 g/mol. The molecule has 0 radical (unpaired) electrons. The van der Waals surface area contributed by atoms with Gasteiger partial charge >= 0.3 is 0 Å². The Morgan fingerprint density at radius 1 is 1.00 bits per heavy atom. The topological polar surface area (TPSA) is 77.1 Å². The molecule has 0 aliphatic carbocycles. The molecule has 1 aliphatic rings. The van der Waals surface area contributed by atoms with Crippen LogP contribution in [-0.4, -0.2) is 32.8 Å². The number of benzene rings is 1. The molecule has 0 unspecified atom stereocenters. The molecule has 2 aromatic rings. The summed E-state index contributed by atoms with van der Waals surface area (Å²) in [5.74, 6) is 0. The van der Waals surface area contributed by atoms with Crippen molar-refractivity contribution in [1.29, 1.82) is 0 Å². The maximum absolute atomic E-state index is 11.1. The first-order chi connectivity index (χ1) is 9.74. The minimum atomic E-state index is -0.360. The van der Waals surface area contributed by atoms with Crippen LogP contribution in [-0.2, 0) is 0 Å². The Labute approximate surface area is 116 Å². The Morgan fingerprint density at radius 3 is 2.30 bits per heavy atom. The number of hydrogen-bond acceptors (Lipinski definition) is 5. The van der Waals surface area contributed by atoms with Crippen molar-refractivity contribution in [2.75, 3.05) is 18.0 Å². The molecule has 0 spiro atoms. The van der Waals surface area contributed by atoms with Gasteiger partial charge in [0.1, 0.15) is 12.7 Å². The lowest BCUT2D eigenvalue weighted by atomic mass is 10.1. The fourth-order valence-corrected chi connectivity index (χ4v) is 2.50. The predicted octanol–water partition coefficient (Wildman–Crippen LogP) is 2.17. The maximum atomic E-state index is 11.1. The van der Waals surface area contributed by atoms with Crippen molar-refractivity contribution in [3.8, 4) is 5.69 Å². The van der Waals surface area contributed by atoms with Crippen LogP contribution in [0, 0.1) is 10.1 Å². The summed E-state index contributed by atoms with van der Waals surface area (Å²) in [5.41, 5.74) is 1.70. The summed E-state index contributed by atoms with van der Waals surface area (Å²) in [6, 6.07) is 5.12. The first-order valence-electron chi connectivity index (χ1n) is 6.63.